The quantitative estimate of drug-likeness (QED) is 0.458. The summed E-state index contributed by atoms with van der Waals surface area (Å²) in [4.78, 5) is 4.23. The van der Waals surface area contributed by atoms with Crippen molar-refractivity contribution in [3.05, 3.63) is 90.4 Å². The lowest BCUT2D eigenvalue weighted by molar-refractivity contribution is -0.247. The van der Waals surface area contributed by atoms with Crippen molar-refractivity contribution in [1.82, 2.24) is 19.3 Å². The van der Waals surface area contributed by atoms with E-state index >= 15 is 0 Å². The third-order valence-electron chi connectivity index (χ3n) is 5.55. The number of halogens is 3. The van der Waals surface area contributed by atoms with Gasteiger partial charge in [0.25, 0.3) is 0 Å². The maximum Gasteiger partial charge on any atom is 0.425 e. The van der Waals surface area contributed by atoms with Crippen molar-refractivity contribution >= 4 is 21.8 Å². The second kappa shape index (κ2) is 6.68. The van der Waals surface area contributed by atoms with Gasteiger partial charge in [-0.25, -0.2) is 9.67 Å². The summed E-state index contributed by atoms with van der Waals surface area (Å²) in [5.41, 5.74) is -2.48. The smallest absolute Gasteiger partial charge is 0.372 e. The zero-order valence-corrected chi connectivity index (χ0v) is 16.4. The van der Waals surface area contributed by atoms with E-state index in [0.29, 0.717) is 27.6 Å². The Bertz CT molecular complexity index is 1410. The Hall–Kier alpha value is -3.65. The van der Waals surface area contributed by atoms with Crippen LogP contribution in [0, 0.1) is 0 Å². The number of aliphatic hydroxyl groups is 1. The molecule has 0 aliphatic rings. The van der Waals surface area contributed by atoms with E-state index in [4.69, 9.17) is 0 Å². The number of fused-ring (bicyclic) bond motifs is 2. The van der Waals surface area contributed by atoms with Crippen LogP contribution in [0.2, 0.25) is 0 Å². The zero-order chi connectivity index (χ0) is 21.8. The number of alkyl halides is 3. The molecule has 31 heavy (non-hydrogen) atoms. The van der Waals surface area contributed by atoms with Crippen molar-refractivity contribution in [2.45, 2.75) is 11.8 Å². The summed E-state index contributed by atoms with van der Waals surface area (Å²) in [5, 5.41) is 16.3. The zero-order valence-electron chi connectivity index (χ0n) is 16.4. The number of aromatic nitrogens is 4. The maximum atomic E-state index is 14.4. The van der Waals surface area contributed by atoms with Gasteiger partial charge in [0.05, 0.1) is 11.7 Å². The Balaban J connectivity index is 1.73. The molecule has 0 aliphatic carbocycles. The van der Waals surface area contributed by atoms with Crippen molar-refractivity contribution in [2.75, 3.05) is 0 Å². The highest BCUT2D eigenvalue weighted by Gasteiger charge is 2.57. The molecule has 0 saturated carbocycles. The molecule has 5 nitrogen and oxygen atoms in total. The number of pyridine rings is 1. The summed E-state index contributed by atoms with van der Waals surface area (Å²) in [6.07, 6.45) is -0.533. The Labute approximate surface area is 175 Å². The number of aryl methyl sites for hydroxylation is 1. The first kappa shape index (κ1) is 19.3. The first-order valence-electron chi connectivity index (χ1n) is 9.54. The molecule has 0 saturated heterocycles. The van der Waals surface area contributed by atoms with Gasteiger partial charge in [-0.05, 0) is 35.9 Å². The molecular formula is C23H17F3N4O. The lowest BCUT2D eigenvalue weighted by Crippen LogP contribution is -2.43. The fourth-order valence-electron chi connectivity index (χ4n) is 4.02. The summed E-state index contributed by atoms with van der Waals surface area (Å²) < 4.78 is 46.3. The van der Waals surface area contributed by atoms with E-state index in [9.17, 15) is 18.3 Å². The Morgan fingerprint density at radius 3 is 2.45 bits per heavy atom. The Morgan fingerprint density at radius 2 is 1.71 bits per heavy atom. The predicted molar refractivity (Wildman–Crippen MR) is 111 cm³/mol. The van der Waals surface area contributed by atoms with Gasteiger partial charge in [0.2, 0.25) is 5.60 Å². The van der Waals surface area contributed by atoms with Crippen molar-refractivity contribution in [3.63, 3.8) is 0 Å². The van der Waals surface area contributed by atoms with E-state index in [1.807, 2.05) is 0 Å². The van der Waals surface area contributed by atoms with Gasteiger partial charge in [-0.3, -0.25) is 0 Å². The minimum Gasteiger partial charge on any atom is -0.372 e. The fraction of sp³-hybridized carbons (Fsp3) is 0.130. The van der Waals surface area contributed by atoms with Crippen LogP contribution in [0.4, 0.5) is 13.2 Å². The molecule has 1 unspecified atom stereocenters. The Morgan fingerprint density at radius 1 is 0.935 bits per heavy atom. The van der Waals surface area contributed by atoms with Crippen LogP contribution < -0.4 is 0 Å². The SMILES string of the molecule is Cn1cc(C(O)(c2ccc3c(cnn3-c3ccccn3)c2)C(F)(F)F)c2ccccc21. The summed E-state index contributed by atoms with van der Waals surface area (Å²) in [7, 11) is 1.66. The molecule has 0 bridgehead atoms. The fourth-order valence-corrected chi connectivity index (χ4v) is 4.02. The van der Waals surface area contributed by atoms with Crippen LogP contribution in [-0.4, -0.2) is 30.6 Å². The molecule has 2 aromatic carbocycles. The lowest BCUT2D eigenvalue weighted by atomic mass is 9.85. The molecular weight excluding hydrogens is 405 g/mol. The molecule has 0 amide bonds. The van der Waals surface area contributed by atoms with E-state index < -0.39 is 11.8 Å². The predicted octanol–water partition coefficient (Wildman–Crippen LogP) is 4.71. The summed E-state index contributed by atoms with van der Waals surface area (Å²) in [6.45, 7) is 0. The standard InChI is InChI=1S/C23H17F3N4O/c1-29-14-18(17-6-2-3-7-20(17)29)22(31,23(24,25)26)16-9-10-19-15(12-16)13-28-30(19)21-8-4-5-11-27-21/h2-14,31H,1H3. The average molecular weight is 422 g/mol. The van der Waals surface area contributed by atoms with Crippen molar-refractivity contribution in [3.8, 4) is 5.82 Å². The van der Waals surface area contributed by atoms with Crippen LogP contribution in [-0.2, 0) is 12.6 Å². The summed E-state index contributed by atoms with van der Waals surface area (Å²) >= 11 is 0. The molecule has 0 spiro atoms. The molecule has 8 heteroatoms. The summed E-state index contributed by atoms with van der Waals surface area (Å²) in [5.74, 6) is 0.547. The van der Waals surface area contributed by atoms with Crippen LogP contribution in [0.5, 0.6) is 0 Å². The molecule has 3 aromatic heterocycles. The van der Waals surface area contributed by atoms with Crippen LogP contribution in [0.25, 0.3) is 27.6 Å². The summed E-state index contributed by atoms with van der Waals surface area (Å²) in [6, 6.07) is 16.2. The second-order valence-corrected chi connectivity index (χ2v) is 7.40. The number of nitrogens with zero attached hydrogens (tertiary/aromatic N) is 4. The van der Waals surface area contributed by atoms with Gasteiger partial charge in [-0.2, -0.15) is 18.3 Å². The Kier molecular flexibility index (Phi) is 4.16. The minimum atomic E-state index is -4.94. The molecule has 0 fully saturated rings. The lowest BCUT2D eigenvalue weighted by Gasteiger charge is -2.31. The van der Waals surface area contributed by atoms with Gasteiger partial charge >= 0.3 is 6.18 Å². The molecule has 0 radical (unpaired) electrons. The third kappa shape index (κ3) is 2.83. The highest BCUT2D eigenvalue weighted by atomic mass is 19.4. The van der Waals surface area contributed by atoms with E-state index in [1.165, 1.54) is 30.6 Å². The van der Waals surface area contributed by atoms with Crippen LogP contribution >= 0.6 is 0 Å². The van der Waals surface area contributed by atoms with E-state index in [2.05, 4.69) is 10.1 Å². The van der Waals surface area contributed by atoms with E-state index in [-0.39, 0.29) is 11.1 Å². The number of benzene rings is 2. The van der Waals surface area contributed by atoms with Gasteiger partial charge in [-0.15, -0.1) is 0 Å². The molecule has 1 N–H and O–H groups in total. The first-order chi connectivity index (χ1) is 14.8. The molecule has 0 aliphatic heterocycles. The first-order valence-corrected chi connectivity index (χ1v) is 9.54. The second-order valence-electron chi connectivity index (χ2n) is 7.40. The van der Waals surface area contributed by atoms with Crippen molar-refractivity contribution < 1.29 is 18.3 Å². The number of hydrogen-bond donors (Lipinski definition) is 1. The van der Waals surface area contributed by atoms with Gasteiger partial charge in [0.1, 0.15) is 0 Å². The molecule has 5 aromatic rings. The molecule has 5 rings (SSSR count). The third-order valence-corrected chi connectivity index (χ3v) is 5.55. The van der Waals surface area contributed by atoms with E-state index in [1.54, 1.807) is 65.0 Å². The number of hydrogen-bond acceptors (Lipinski definition) is 3. The largest absolute Gasteiger partial charge is 0.425 e. The van der Waals surface area contributed by atoms with Gasteiger partial charge in [-0.1, -0.05) is 30.3 Å². The number of para-hydroxylation sites is 1. The van der Waals surface area contributed by atoms with Crippen LogP contribution in [0.15, 0.2) is 79.3 Å². The van der Waals surface area contributed by atoms with Crippen LogP contribution in [0.3, 0.4) is 0 Å². The van der Waals surface area contributed by atoms with Gasteiger partial charge in [0, 0.05) is 41.3 Å². The van der Waals surface area contributed by atoms with E-state index in [0.717, 1.165) is 0 Å². The van der Waals surface area contributed by atoms with Crippen LogP contribution in [0.1, 0.15) is 11.1 Å². The van der Waals surface area contributed by atoms with Crippen molar-refractivity contribution in [2.24, 2.45) is 7.05 Å². The highest BCUT2D eigenvalue weighted by molar-refractivity contribution is 5.86. The minimum absolute atomic E-state index is 0.213. The molecule has 156 valence electrons. The highest BCUT2D eigenvalue weighted by Crippen LogP contribution is 2.47. The molecule has 3 heterocycles. The number of rotatable bonds is 3. The van der Waals surface area contributed by atoms with Gasteiger partial charge < -0.3 is 9.67 Å². The molecule has 1 atom stereocenters. The monoisotopic (exact) mass is 422 g/mol. The maximum absolute atomic E-state index is 14.4. The topological polar surface area (TPSA) is 55.9 Å². The van der Waals surface area contributed by atoms with Crippen molar-refractivity contribution in [1.29, 1.82) is 0 Å². The normalized spacial score (nSPS) is 14.2. The average Bonchev–Trinajstić information content (AvgIpc) is 3.34. The van der Waals surface area contributed by atoms with Gasteiger partial charge in [0.15, 0.2) is 5.82 Å².